The zero-order valence-electron chi connectivity index (χ0n) is 14.9. The van der Waals surface area contributed by atoms with Crippen LogP contribution >= 0.6 is 11.6 Å². The smallest absolute Gasteiger partial charge is 0.311 e. The molecule has 4 rings (SSSR count). The number of nitro groups is 1. The molecule has 0 radical (unpaired) electrons. The Morgan fingerprint density at radius 1 is 1.17 bits per heavy atom. The van der Waals surface area contributed by atoms with Gasteiger partial charge in [-0.3, -0.25) is 15.1 Å². The van der Waals surface area contributed by atoms with Crippen molar-refractivity contribution in [2.24, 2.45) is 4.99 Å². The Kier molecular flexibility index (Phi) is 4.97. The van der Waals surface area contributed by atoms with E-state index in [-0.39, 0.29) is 11.3 Å². The highest BCUT2D eigenvalue weighted by Crippen LogP contribution is 2.29. The Bertz CT molecular complexity index is 1230. The predicted molar refractivity (Wildman–Crippen MR) is 110 cm³/mol. The van der Waals surface area contributed by atoms with Crippen LogP contribution < -0.4 is 0 Å². The molecule has 0 aliphatic rings. The summed E-state index contributed by atoms with van der Waals surface area (Å²) in [6.45, 7) is 0. The number of aromatic hydroxyl groups is 1. The lowest BCUT2D eigenvalue weighted by molar-refractivity contribution is -0.385. The van der Waals surface area contributed by atoms with Crippen molar-refractivity contribution < 1.29 is 14.4 Å². The maximum Gasteiger partial charge on any atom is 0.311 e. The number of phenolic OH excluding ortho intramolecular Hbond substituents is 1. The minimum absolute atomic E-state index is 0.253. The van der Waals surface area contributed by atoms with E-state index in [1.54, 1.807) is 24.3 Å². The van der Waals surface area contributed by atoms with Gasteiger partial charge < -0.3 is 9.52 Å². The standard InChI is InChI=1S/C21H14ClN3O4/c22-15-6-4-13(5-7-15)10-20-24-17-11-16(8-9-19(17)29-20)23-12-14-2-1-3-18(21(14)26)25(27)28/h1-9,11-12,26H,10H2. The van der Waals surface area contributed by atoms with E-state index in [9.17, 15) is 15.2 Å². The number of oxazole rings is 1. The van der Waals surface area contributed by atoms with E-state index < -0.39 is 10.7 Å². The van der Waals surface area contributed by atoms with Crippen LogP contribution in [0, 0.1) is 10.1 Å². The molecule has 0 aliphatic carbocycles. The largest absolute Gasteiger partial charge is 0.502 e. The molecule has 1 heterocycles. The third-order valence-electron chi connectivity index (χ3n) is 4.28. The van der Waals surface area contributed by atoms with Crippen LogP contribution in [0.3, 0.4) is 0 Å². The van der Waals surface area contributed by atoms with Crippen LogP contribution in [0.1, 0.15) is 17.0 Å². The van der Waals surface area contributed by atoms with E-state index in [0.29, 0.717) is 34.1 Å². The summed E-state index contributed by atoms with van der Waals surface area (Å²) in [5.74, 6) is 0.147. The highest BCUT2D eigenvalue weighted by molar-refractivity contribution is 6.30. The highest BCUT2D eigenvalue weighted by Gasteiger charge is 2.15. The lowest BCUT2D eigenvalue weighted by Gasteiger charge is -1.99. The molecular formula is C21H14ClN3O4. The van der Waals surface area contributed by atoms with Gasteiger partial charge in [0, 0.05) is 29.3 Å². The van der Waals surface area contributed by atoms with Crippen molar-refractivity contribution in [3.05, 3.63) is 92.8 Å². The molecule has 1 aromatic heterocycles. The average molecular weight is 408 g/mol. The van der Waals surface area contributed by atoms with Crippen LogP contribution in [0.5, 0.6) is 5.75 Å². The number of para-hydroxylation sites is 1. The molecule has 29 heavy (non-hydrogen) atoms. The van der Waals surface area contributed by atoms with Gasteiger partial charge in [0.25, 0.3) is 0 Å². The molecule has 3 aromatic carbocycles. The summed E-state index contributed by atoms with van der Waals surface area (Å²) in [5, 5.41) is 21.6. The van der Waals surface area contributed by atoms with E-state index in [2.05, 4.69) is 9.98 Å². The number of hydrogen-bond donors (Lipinski definition) is 1. The molecule has 144 valence electrons. The number of halogens is 1. The summed E-state index contributed by atoms with van der Waals surface area (Å²) in [7, 11) is 0. The molecule has 7 nitrogen and oxygen atoms in total. The first-order valence-corrected chi connectivity index (χ1v) is 9.02. The number of benzene rings is 3. The van der Waals surface area contributed by atoms with Gasteiger partial charge >= 0.3 is 5.69 Å². The summed E-state index contributed by atoms with van der Waals surface area (Å²) >= 11 is 5.90. The van der Waals surface area contributed by atoms with E-state index in [0.717, 1.165) is 5.56 Å². The van der Waals surface area contributed by atoms with Gasteiger partial charge in [0.2, 0.25) is 5.75 Å². The first-order valence-electron chi connectivity index (χ1n) is 8.64. The van der Waals surface area contributed by atoms with Gasteiger partial charge in [-0.05, 0) is 42.0 Å². The molecule has 0 spiro atoms. The third kappa shape index (κ3) is 4.09. The maximum absolute atomic E-state index is 10.9. The second kappa shape index (κ2) is 7.73. The molecule has 0 saturated heterocycles. The van der Waals surface area contributed by atoms with Crippen molar-refractivity contribution in [3.8, 4) is 5.75 Å². The van der Waals surface area contributed by atoms with Crippen molar-refractivity contribution in [3.63, 3.8) is 0 Å². The SMILES string of the molecule is O=[N+]([O-])c1cccc(C=Nc2ccc3oc(Cc4ccc(Cl)cc4)nc3c2)c1O. The van der Waals surface area contributed by atoms with Crippen molar-refractivity contribution in [2.75, 3.05) is 0 Å². The molecule has 0 bridgehead atoms. The van der Waals surface area contributed by atoms with Crippen LogP contribution in [0.2, 0.25) is 5.02 Å². The molecule has 8 heteroatoms. The van der Waals surface area contributed by atoms with Crippen molar-refractivity contribution in [1.82, 2.24) is 4.98 Å². The van der Waals surface area contributed by atoms with Crippen LogP contribution in [-0.4, -0.2) is 21.2 Å². The molecule has 0 atom stereocenters. The molecule has 0 aliphatic heterocycles. The number of rotatable bonds is 5. The first-order chi connectivity index (χ1) is 14.0. The maximum atomic E-state index is 10.9. The third-order valence-corrected chi connectivity index (χ3v) is 4.53. The number of aromatic nitrogens is 1. The highest BCUT2D eigenvalue weighted by atomic mass is 35.5. The Morgan fingerprint density at radius 2 is 1.97 bits per heavy atom. The van der Waals surface area contributed by atoms with Gasteiger partial charge in [-0.15, -0.1) is 0 Å². The van der Waals surface area contributed by atoms with E-state index in [1.807, 2.05) is 24.3 Å². The number of nitro benzene ring substituents is 1. The van der Waals surface area contributed by atoms with Crippen LogP contribution in [-0.2, 0) is 6.42 Å². The minimum Gasteiger partial charge on any atom is -0.502 e. The predicted octanol–water partition coefficient (Wildman–Crippen LogP) is 5.44. The van der Waals surface area contributed by atoms with Crippen LogP contribution in [0.15, 0.2) is 70.1 Å². The molecule has 0 unspecified atom stereocenters. The van der Waals surface area contributed by atoms with Gasteiger partial charge in [0.1, 0.15) is 5.52 Å². The quantitative estimate of drug-likeness (QED) is 0.270. The molecular weight excluding hydrogens is 394 g/mol. The summed E-state index contributed by atoms with van der Waals surface area (Å²) in [4.78, 5) is 19.1. The molecule has 0 fully saturated rings. The average Bonchev–Trinajstić information content (AvgIpc) is 3.10. The fourth-order valence-corrected chi connectivity index (χ4v) is 2.97. The van der Waals surface area contributed by atoms with Crippen molar-refractivity contribution in [1.29, 1.82) is 0 Å². The van der Waals surface area contributed by atoms with Crippen molar-refractivity contribution >= 4 is 40.3 Å². The minimum atomic E-state index is -0.643. The van der Waals surface area contributed by atoms with Crippen LogP contribution in [0.4, 0.5) is 11.4 Å². The second-order valence-electron chi connectivity index (χ2n) is 6.29. The lowest BCUT2D eigenvalue weighted by atomic mass is 10.1. The number of nitrogens with zero attached hydrogens (tertiary/aromatic N) is 3. The second-order valence-corrected chi connectivity index (χ2v) is 6.73. The normalized spacial score (nSPS) is 11.3. The summed E-state index contributed by atoms with van der Waals surface area (Å²) in [6.07, 6.45) is 1.91. The zero-order chi connectivity index (χ0) is 20.4. The van der Waals surface area contributed by atoms with Crippen molar-refractivity contribution in [2.45, 2.75) is 6.42 Å². The lowest BCUT2D eigenvalue weighted by Crippen LogP contribution is -1.91. The Labute approximate surface area is 170 Å². The molecule has 1 N–H and O–H groups in total. The summed E-state index contributed by atoms with van der Waals surface area (Å²) < 4.78 is 5.77. The number of fused-ring (bicyclic) bond motifs is 1. The monoisotopic (exact) mass is 407 g/mol. The summed E-state index contributed by atoms with van der Waals surface area (Å²) in [6, 6.07) is 17.0. The van der Waals surface area contributed by atoms with Gasteiger partial charge in [0.05, 0.1) is 10.6 Å². The topological polar surface area (TPSA) is 102 Å². The van der Waals surface area contributed by atoms with Gasteiger partial charge in [-0.25, -0.2) is 4.98 Å². The fraction of sp³-hybridized carbons (Fsp3) is 0.0476. The number of hydrogen-bond acceptors (Lipinski definition) is 6. The zero-order valence-corrected chi connectivity index (χ0v) is 15.7. The van der Waals surface area contributed by atoms with Crippen LogP contribution in [0.25, 0.3) is 11.1 Å². The summed E-state index contributed by atoms with van der Waals surface area (Å²) in [5.41, 5.74) is 2.77. The van der Waals surface area contributed by atoms with Gasteiger partial charge in [-0.1, -0.05) is 29.8 Å². The van der Waals surface area contributed by atoms with E-state index in [4.69, 9.17) is 16.0 Å². The Balaban J connectivity index is 1.58. The Hall–Kier alpha value is -3.71. The first kappa shape index (κ1) is 18.6. The number of aliphatic imine (C=N–C) groups is 1. The van der Waals surface area contributed by atoms with E-state index >= 15 is 0 Å². The van der Waals surface area contributed by atoms with Gasteiger partial charge in [-0.2, -0.15) is 0 Å². The number of phenols is 1. The van der Waals surface area contributed by atoms with Gasteiger partial charge in [0.15, 0.2) is 11.5 Å². The molecule has 4 aromatic rings. The fourth-order valence-electron chi connectivity index (χ4n) is 2.84. The Morgan fingerprint density at radius 3 is 2.72 bits per heavy atom. The van der Waals surface area contributed by atoms with E-state index in [1.165, 1.54) is 18.3 Å². The molecule has 0 amide bonds. The molecule has 0 saturated carbocycles.